The van der Waals surface area contributed by atoms with Crippen LogP contribution >= 0.6 is 23.2 Å². The van der Waals surface area contributed by atoms with Gasteiger partial charge < -0.3 is 5.32 Å². The fourth-order valence-electron chi connectivity index (χ4n) is 3.69. The van der Waals surface area contributed by atoms with Crippen LogP contribution in [-0.2, 0) is 14.8 Å². The van der Waals surface area contributed by atoms with Gasteiger partial charge in [0.1, 0.15) is 0 Å². The molecule has 0 bridgehead atoms. The number of amides is 1. The Morgan fingerprint density at radius 3 is 2.40 bits per heavy atom. The summed E-state index contributed by atoms with van der Waals surface area (Å²) in [5, 5.41) is 5.28. The van der Waals surface area contributed by atoms with Crippen molar-refractivity contribution in [2.45, 2.75) is 17.7 Å². The molecular formula is C22H20Cl2N2O3S. The van der Waals surface area contributed by atoms with Gasteiger partial charge in [-0.05, 0) is 47.9 Å². The Morgan fingerprint density at radius 1 is 0.967 bits per heavy atom. The molecule has 156 valence electrons. The van der Waals surface area contributed by atoms with Gasteiger partial charge in [0.25, 0.3) is 0 Å². The monoisotopic (exact) mass is 462 g/mol. The van der Waals surface area contributed by atoms with Crippen molar-refractivity contribution in [1.82, 2.24) is 4.31 Å². The van der Waals surface area contributed by atoms with E-state index in [1.807, 2.05) is 24.3 Å². The highest BCUT2D eigenvalue weighted by molar-refractivity contribution is 7.89. The van der Waals surface area contributed by atoms with Gasteiger partial charge >= 0.3 is 0 Å². The molecule has 0 unspecified atom stereocenters. The van der Waals surface area contributed by atoms with Gasteiger partial charge in [-0.25, -0.2) is 8.42 Å². The van der Waals surface area contributed by atoms with Crippen molar-refractivity contribution < 1.29 is 13.2 Å². The highest BCUT2D eigenvalue weighted by Crippen LogP contribution is 2.32. The van der Waals surface area contributed by atoms with Gasteiger partial charge in [0.05, 0.1) is 26.5 Å². The lowest BCUT2D eigenvalue weighted by Crippen LogP contribution is -2.43. The number of carbonyl (C=O) groups is 1. The van der Waals surface area contributed by atoms with Crippen LogP contribution in [0.25, 0.3) is 10.8 Å². The van der Waals surface area contributed by atoms with Gasteiger partial charge in [-0.2, -0.15) is 4.31 Å². The molecular weight excluding hydrogens is 443 g/mol. The van der Waals surface area contributed by atoms with E-state index < -0.39 is 15.9 Å². The van der Waals surface area contributed by atoms with Gasteiger partial charge in [0.15, 0.2) is 0 Å². The molecule has 0 saturated carbocycles. The molecule has 1 aliphatic rings. The third-order valence-electron chi connectivity index (χ3n) is 5.32. The molecule has 1 N–H and O–H groups in total. The normalized spacial score (nSPS) is 17.7. The van der Waals surface area contributed by atoms with Crippen LogP contribution in [0.15, 0.2) is 65.6 Å². The lowest BCUT2D eigenvalue weighted by molar-refractivity contribution is -0.120. The number of sulfonamides is 1. The summed E-state index contributed by atoms with van der Waals surface area (Å²) in [6.45, 7) is 0.495. The minimum absolute atomic E-state index is 0.114. The van der Waals surface area contributed by atoms with E-state index >= 15 is 0 Å². The second-order valence-electron chi connectivity index (χ2n) is 7.30. The third kappa shape index (κ3) is 4.18. The standard InChI is InChI=1S/C22H20Cl2N2O3S/c23-19-8-3-9-20(24)21(19)25-22(27)17-7-4-12-26(14-17)30(28,29)18-11-10-15-5-1-2-6-16(15)13-18/h1-3,5-6,8-11,13,17H,4,7,12,14H2,(H,25,27)/t17-/m1/s1. The molecule has 1 fully saturated rings. The smallest absolute Gasteiger partial charge is 0.243 e. The van der Waals surface area contributed by atoms with E-state index in [9.17, 15) is 13.2 Å². The molecule has 0 aliphatic carbocycles. The number of rotatable bonds is 4. The summed E-state index contributed by atoms with van der Waals surface area (Å²) < 4.78 is 27.8. The van der Waals surface area contributed by atoms with E-state index in [0.29, 0.717) is 35.1 Å². The van der Waals surface area contributed by atoms with Crippen LogP contribution in [0, 0.1) is 5.92 Å². The molecule has 1 aliphatic heterocycles. The van der Waals surface area contributed by atoms with Gasteiger partial charge in [-0.3, -0.25) is 4.79 Å². The van der Waals surface area contributed by atoms with E-state index in [-0.39, 0.29) is 17.3 Å². The number of carbonyl (C=O) groups excluding carboxylic acids is 1. The Kier molecular flexibility index (Phi) is 6.02. The average Bonchev–Trinajstić information content (AvgIpc) is 2.76. The van der Waals surface area contributed by atoms with E-state index in [2.05, 4.69) is 5.32 Å². The lowest BCUT2D eigenvalue weighted by Gasteiger charge is -2.31. The Labute approximate surface area is 185 Å². The Bertz CT molecular complexity index is 1190. The molecule has 3 aromatic rings. The second-order valence-corrected chi connectivity index (χ2v) is 10.0. The van der Waals surface area contributed by atoms with Crippen LogP contribution in [-0.4, -0.2) is 31.7 Å². The number of nitrogens with one attached hydrogen (secondary N) is 1. The number of para-hydroxylation sites is 1. The summed E-state index contributed by atoms with van der Waals surface area (Å²) in [4.78, 5) is 13.0. The van der Waals surface area contributed by atoms with Crippen LogP contribution < -0.4 is 5.32 Å². The number of nitrogens with zero attached hydrogens (tertiary/aromatic N) is 1. The summed E-state index contributed by atoms with van der Waals surface area (Å²) in [6, 6.07) is 17.7. The van der Waals surface area contributed by atoms with E-state index in [4.69, 9.17) is 23.2 Å². The van der Waals surface area contributed by atoms with Crippen molar-refractivity contribution in [3.05, 3.63) is 70.7 Å². The summed E-state index contributed by atoms with van der Waals surface area (Å²) in [5.41, 5.74) is 0.348. The van der Waals surface area contributed by atoms with E-state index in [1.54, 1.807) is 36.4 Å². The largest absolute Gasteiger partial charge is 0.323 e. The van der Waals surface area contributed by atoms with Crippen molar-refractivity contribution in [1.29, 1.82) is 0 Å². The summed E-state index contributed by atoms with van der Waals surface area (Å²) in [7, 11) is -3.71. The zero-order valence-electron chi connectivity index (χ0n) is 16.0. The molecule has 30 heavy (non-hydrogen) atoms. The predicted octanol–water partition coefficient (Wildman–Crippen LogP) is 5.19. The highest BCUT2D eigenvalue weighted by Gasteiger charge is 2.33. The zero-order valence-corrected chi connectivity index (χ0v) is 18.3. The van der Waals surface area contributed by atoms with Crippen LogP contribution in [0.3, 0.4) is 0 Å². The van der Waals surface area contributed by atoms with Crippen LogP contribution in [0.5, 0.6) is 0 Å². The number of halogens is 2. The number of piperidine rings is 1. The minimum atomic E-state index is -3.71. The Hall–Kier alpha value is -2.12. The van der Waals surface area contributed by atoms with Gasteiger partial charge in [-0.15, -0.1) is 0 Å². The molecule has 1 amide bonds. The maximum absolute atomic E-state index is 13.2. The van der Waals surface area contributed by atoms with Crippen molar-refractivity contribution in [3.63, 3.8) is 0 Å². The molecule has 1 atom stereocenters. The summed E-state index contributed by atoms with van der Waals surface area (Å²) in [5.74, 6) is -0.773. The quantitative estimate of drug-likeness (QED) is 0.580. The van der Waals surface area contributed by atoms with Crippen LogP contribution in [0.2, 0.25) is 10.0 Å². The first kappa shape index (κ1) is 21.1. The van der Waals surface area contributed by atoms with Crippen molar-refractivity contribution in [2.75, 3.05) is 18.4 Å². The predicted molar refractivity (Wildman–Crippen MR) is 121 cm³/mol. The van der Waals surface area contributed by atoms with Crippen molar-refractivity contribution >= 4 is 55.6 Å². The Balaban J connectivity index is 1.54. The molecule has 0 spiro atoms. The topological polar surface area (TPSA) is 66.5 Å². The third-order valence-corrected chi connectivity index (χ3v) is 7.82. The first-order valence-electron chi connectivity index (χ1n) is 9.60. The van der Waals surface area contributed by atoms with Crippen molar-refractivity contribution in [3.8, 4) is 0 Å². The summed E-state index contributed by atoms with van der Waals surface area (Å²) >= 11 is 12.3. The second kappa shape index (κ2) is 8.55. The van der Waals surface area contributed by atoms with Crippen LogP contribution in [0.1, 0.15) is 12.8 Å². The number of benzene rings is 3. The maximum atomic E-state index is 13.2. The fraction of sp³-hybridized carbons (Fsp3) is 0.227. The highest BCUT2D eigenvalue weighted by atomic mass is 35.5. The zero-order chi connectivity index (χ0) is 21.3. The summed E-state index contributed by atoms with van der Waals surface area (Å²) in [6.07, 6.45) is 1.19. The molecule has 4 rings (SSSR count). The van der Waals surface area contributed by atoms with Gasteiger partial charge in [0, 0.05) is 13.1 Å². The number of anilines is 1. The molecule has 3 aromatic carbocycles. The average molecular weight is 463 g/mol. The first-order chi connectivity index (χ1) is 14.4. The molecule has 8 heteroatoms. The number of hydrogen-bond acceptors (Lipinski definition) is 3. The van der Waals surface area contributed by atoms with Crippen molar-refractivity contribution in [2.24, 2.45) is 5.92 Å². The van der Waals surface area contributed by atoms with Gasteiger partial charge in [0.2, 0.25) is 15.9 Å². The SMILES string of the molecule is O=C(Nc1c(Cl)cccc1Cl)[C@@H]1CCCN(S(=O)(=O)c2ccc3ccccc3c2)C1. The lowest BCUT2D eigenvalue weighted by atomic mass is 9.98. The number of fused-ring (bicyclic) bond motifs is 1. The first-order valence-corrected chi connectivity index (χ1v) is 11.8. The van der Waals surface area contributed by atoms with Gasteiger partial charge in [-0.1, -0.05) is 59.6 Å². The molecule has 1 saturated heterocycles. The van der Waals surface area contributed by atoms with E-state index in [0.717, 1.165) is 10.8 Å². The molecule has 1 heterocycles. The fourth-order valence-corrected chi connectivity index (χ4v) is 5.75. The minimum Gasteiger partial charge on any atom is -0.323 e. The van der Waals surface area contributed by atoms with E-state index in [1.165, 1.54) is 4.31 Å². The van der Waals surface area contributed by atoms with Crippen LogP contribution in [0.4, 0.5) is 5.69 Å². The Morgan fingerprint density at radius 2 is 1.67 bits per heavy atom. The number of hydrogen-bond donors (Lipinski definition) is 1. The maximum Gasteiger partial charge on any atom is 0.243 e. The molecule has 0 radical (unpaired) electrons. The molecule has 5 nitrogen and oxygen atoms in total. The molecule has 0 aromatic heterocycles.